The lowest BCUT2D eigenvalue weighted by Gasteiger charge is -1.98. The summed E-state index contributed by atoms with van der Waals surface area (Å²) in [6, 6.07) is 0. The van der Waals surface area contributed by atoms with Gasteiger partial charge in [-0.05, 0) is 0 Å². The van der Waals surface area contributed by atoms with Crippen LogP contribution in [0.15, 0.2) is 0 Å². The molecule has 0 unspecified atom stereocenters. The van der Waals surface area contributed by atoms with Gasteiger partial charge in [-0.3, -0.25) is 10.8 Å². The standard InChI is InChI=1S/C5H10N2O/c1-3-5(7)8-4(2)6/h6-7H,3H2,1-2H3. The van der Waals surface area contributed by atoms with Crippen LogP contribution in [0.25, 0.3) is 0 Å². The molecule has 0 aliphatic carbocycles. The molecule has 0 saturated heterocycles. The zero-order valence-electron chi connectivity index (χ0n) is 5.12. The fourth-order valence-electron chi connectivity index (χ4n) is 0.257. The average Bonchev–Trinajstić information content (AvgIpc) is 1.65. The zero-order chi connectivity index (χ0) is 6.57. The molecule has 46 valence electrons. The molecule has 0 rings (SSSR count). The Bertz CT molecular complexity index is 109. The second-order valence-corrected chi connectivity index (χ2v) is 1.43. The van der Waals surface area contributed by atoms with Crippen molar-refractivity contribution in [3.8, 4) is 0 Å². The molecular weight excluding hydrogens is 104 g/mol. The summed E-state index contributed by atoms with van der Waals surface area (Å²) < 4.78 is 4.57. The highest BCUT2D eigenvalue weighted by atomic mass is 16.5. The van der Waals surface area contributed by atoms with Gasteiger partial charge in [-0.15, -0.1) is 0 Å². The highest BCUT2D eigenvalue weighted by Crippen LogP contribution is 1.84. The molecule has 0 radical (unpaired) electrons. The van der Waals surface area contributed by atoms with E-state index in [0.717, 1.165) is 0 Å². The van der Waals surface area contributed by atoms with E-state index >= 15 is 0 Å². The van der Waals surface area contributed by atoms with Crippen molar-refractivity contribution in [1.82, 2.24) is 0 Å². The minimum Gasteiger partial charge on any atom is -0.430 e. The van der Waals surface area contributed by atoms with Gasteiger partial charge in [-0.1, -0.05) is 6.92 Å². The number of rotatable bonds is 1. The average molecular weight is 114 g/mol. The molecular formula is C5H10N2O. The zero-order valence-corrected chi connectivity index (χ0v) is 5.12. The topological polar surface area (TPSA) is 56.9 Å². The number of ether oxygens (including phenoxy) is 1. The highest BCUT2D eigenvalue weighted by molar-refractivity contribution is 5.86. The SMILES string of the molecule is CCC(=N)OC(C)=N. The van der Waals surface area contributed by atoms with Crippen LogP contribution in [-0.4, -0.2) is 11.8 Å². The van der Waals surface area contributed by atoms with Crippen LogP contribution < -0.4 is 0 Å². The molecule has 0 aromatic heterocycles. The van der Waals surface area contributed by atoms with Crippen molar-refractivity contribution < 1.29 is 4.74 Å². The van der Waals surface area contributed by atoms with Crippen LogP contribution in [0.1, 0.15) is 20.3 Å². The van der Waals surface area contributed by atoms with Crippen molar-refractivity contribution in [2.75, 3.05) is 0 Å². The molecule has 0 heterocycles. The molecule has 2 N–H and O–H groups in total. The summed E-state index contributed by atoms with van der Waals surface area (Å²) in [6.45, 7) is 3.31. The van der Waals surface area contributed by atoms with E-state index in [2.05, 4.69) is 4.74 Å². The Kier molecular flexibility index (Phi) is 2.84. The van der Waals surface area contributed by atoms with Crippen molar-refractivity contribution in [2.45, 2.75) is 20.3 Å². The Balaban J connectivity index is 3.40. The lowest BCUT2D eigenvalue weighted by atomic mass is 10.5. The van der Waals surface area contributed by atoms with Gasteiger partial charge in [0.25, 0.3) is 0 Å². The van der Waals surface area contributed by atoms with Crippen LogP contribution in [-0.2, 0) is 4.74 Å². The van der Waals surface area contributed by atoms with E-state index in [4.69, 9.17) is 10.8 Å². The predicted molar refractivity (Wildman–Crippen MR) is 32.5 cm³/mol. The van der Waals surface area contributed by atoms with Gasteiger partial charge in [0.1, 0.15) is 0 Å². The highest BCUT2D eigenvalue weighted by Gasteiger charge is 1.91. The second kappa shape index (κ2) is 3.18. The summed E-state index contributed by atoms with van der Waals surface area (Å²) in [4.78, 5) is 0. The Hall–Kier alpha value is -0.860. The van der Waals surface area contributed by atoms with E-state index in [1.165, 1.54) is 6.92 Å². The number of nitrogens with one attached hydrogen (secondary N) is 2. The third kappa shape index (κ3) is 3.33. The first-order valence-electron chi connectivity index (χ1n) is 2.47. The maximum Gasteiger partial charge on any atom is 0.188 e. The largest absolute Gasteiger partial charge is 0.430 e. The van der Waals surface area contributed by atoms with Crippen molar-refractivity contribution in [2.24, 2.45) is 0 Å². The van der Waals surface area contributed by atoms with Gasteiger partial charge in [0.15, 0.2) is 11.8 Å². The Labute approximate surface area is 48.7 Å². The van der Waals surface area contributed by atoms with E-state index < -0.39 is 0 Å². The molecule has 8 heavy (non-hydrogen) atoms. The Morgan fingerprint density at radius 1 is 1.50 bits per heavy atom. The summed E-state index contributed by atoms with van der Waals surface area (Å²) >= 11 is 0. The molecule has 0 fully saturated rings. The van der Waals surface area contributed by atoms with Crippen LogP contribution in [0.3, 0.4) is 0 Å². The maximum atomic E-state index is 6.90. The second-order valence-electron chi connectivity index (χ2n) is 1.43. The van der Waals surface area contributed by atoms with E-state index in [1.54, 1.807) is 0 Å². The monoisotopic (exact) mass is 114 g/mol. The molecule has 3 heteroatoms. The molecule has 0 aromatic carbocycles. The van der Waals surface area contributed by atoms with Crippen molar-refractivity contribution in [3.63, 3.8) is 0 Å². The quantitative estimate of drug-likeness (QED) is 0.392. The summed E-state index contributed by atoms with van der Waals surface area (Å²) in [5, 5.41) is 13.7. The van der Waals surface area contributed by atoms with Crippen LogP contribution in [0.5, 0.6) is 0 Å². The van der Waals surface area contributed by atoms with Gasteiger partial charge in [-0.2, -0.15) is 0 Å². The molecule has 3 nitrogen and oxygen atoms in total. The van der Waals surface area contributed by atoms with Crippen LogP contribution in [0.2, 0.25) is 0 Å². The molecule has 0 atom stereocenters. The third-order valence-electron chi connectivity index (χ3n) is 0.597. The molecule has 0 amide bonds. The summed E-state index contributed by atoms with van der Waals surface area (Å²) in [6.07, 6.45) is 0.552. The first kappa shape index (κ1) is 7.14. The van der Waals surface area contributed by atoms with E-state index in [1.807, 2.05) is 6.92 Å². The molecule has 0 aliphatic rings. The van der Waals surface area contributed by atoms with Crippen LogP contribution in [0.4, 0.5) is 0 Å². The van der Waals surface area contributed by atoms with Crippen molar-refractivity contribution in [1.29, 1.82) is 10.8 Å². The predicted octanol–water partition coefficient (Wildman–Crippen LogP) is 1.39. The minimum absolute atomic E-state index is 0.0804. The smallest absolute Gasteiger partial charge is 0.188 e. The fraction of sp³-hybridized carbons (Fsp3) is 0.600. The van der Waals surface area contributed by atoms with Crippen molar-refractivity contribution >= 4 is 11.8 Å². The fourth-order valence-corrected chi connectivity index (χ4v) is 0.257. The van der Waals surface area contributed by atoms with Gasteiger partial charge in [-0.25, -0.2) is 0 Å². The van der Waals surface area contributed by atoms with Gasteiger partial charge in [0, 0.05) is 13.3 Å². The lowest BCUT2D eigenvalue weighted by molar-refractivity contribution is 0.515. The van der Waals surface area contributed by atoms with Gasteiger partial charge in [0.05, 0.1) is 0 Å². The first-order chi connectivity index (χ1) is 3.66. The van der Waals surface area contributed by atoms with Crippen molar-refractivity contribution in [3.05, 3.63) is 0 Å². The summed E-state index contributed by atoms with van der Waals surface area (Å²) in [7, 11) is 0. The third-order valence-corrected chi connectivity index (χ3v) is 0.597. The number of hydrogen-bond acceptors (Lipinski definition) is 3. The summed E-state index contributed by atoms with van der Waals surface area (Å²) in [5.74, 6) is 0.231. The van der Waals surface area contributed by atoms with E-state index in [-0.39, 0.29) is 11.8 Å². The normalized spacial score (nSPS) is 8.25. The minimum atomic E-state index is 0.0804. The maximum absolute atomic E-state index is 6.90. The van der Waals surface area contributed by atoms with Crippen LogP contribution in [0, 0.1) is 10.8 Å². The van der Waals surface area contributed by atoms with Gasteiger partial charge in [0.2, 0.25) is 0 Å². The molecule has 0 spiro atoms. The molecule has 0 aliphatic heterocycles. The first-order valence-corrected chi connectivity index (χ1v) is 2.47. The number of hydrogen-bond donors (Lipinski definition) is 2. The van der Waals surface area contributed by atoms with E-state index in [0.29, 0.717) is 6.42 Å². The van der Waals surface area contributed by atoms with Gasteiger partial charge >= 0.3 is 0 Å². The lowest BCUT2D eigenvalue weighted by Crippen LogP contribution is -2.04. The Morgan fingerprint density at radius 2 is 2.00 bits per heavy atom. The van der Waals surface area contributed by atoms with Crippen LogP contribution >= 0.6 is 0 Å². The molecule has 0 aromatic rings. The Morgan fingerprint density at radius 3 is 2.12 bits per heavy atom. The molecule has 0 saturated carbocycles. The van der Waals surface area contributed by atoms with E-state index in [9.17, 15) is 0 Å². The summed E-state index contributed by atoms with van der Waals surface area (Å²) in [5.41, 5.74) is 0. The molecule has 0 bridgehead atoms. The van der Waals surface area contributed by atoms with Gasteiger partial charge < -0.3 is 4.74 Å².